The van der Waals surface area contributed by atoms with Gasteiger partial charge in [-0.2, -0.15) is 0 Å². The fraction of sp³-hybridized carbons (Fsp3) is 0.394. The molecule has 3 aromatic rings. The number of methoxy groups -OCH3 is 1. The van der Waals surface area contributed by atoms with Crippen molar-refractivity contribution >= 4 is 11.9 Å². The number of benzene rings is 3. The molecule has 196 valence electrons. The fourth-order valence-corrected chi connectivity index (χ4v) is 7.93. The van der Waals surface area contributed by atoms with Crippen molar-refractivity contribution in [3.8, 4) is 5.75 Å². The normalized spacial score (nSPS) is 27.2. The summed E-state index contributed by atoms with van der Waals surface area (Å²) in [5.41, 5.74) is 4.19. The highest BCUT2D eigenvalue weighted by Gasteiger charge is 2.70. The zero-order valence-corrected chi connectivity index (χ0v) is 22.3. The third kappa shape index (κ3) is 3.37. The van der Waals surface area contributed by atoms with Crippen LogP contribution in [0.5, 0.6) is 5.75 Å². The van der Waals surface area contributed by atoms with E-state index in [2.05, 4.69) is 56.3 Å². The van der Waals surface area contributed by atoms with Gasteiger partial charge in [0.05, 0.1) is 18.9 Å². The third-order valence-electron chi connectivity index (χ3n) is 9.72. The standard InChI is InChI=1S/C33H35NO4/c1-21(2)22-12-14-24(15-13-22)32-17-16-27(25-9-5-6-10-26(25)32)33(31(36)37)20-34(19-29(32)33)30(35)18-23-8-4-7-11-28(23)38-3/h4-15,21,27,29H,16-20H2,1-3H3,(H,36,37). The Labute approximate surface area is 224 Å². The molecule has 0 spiro atoms. The summed E-state index contributed by atoms with van der Waals surface area (Å²) in [6.07, 6.45) is 1.89. The molecule has 3 aliphatic carbocycles. The quantitative estimate of drug-likeness (QED) is 0.458. The number of para-hydroxylation sites is 1. The Morgan fingerprint density at radius 2 is 1.74 bits per heavy atom. The molecule has 4 atom stereocenters. The average Bonchev–Trinajstić information content (AvgIpc) is 3.38. The van der Waals surface area contributed by atoms with Gasteiger partial charge in [0.1, 0.15) is 5.75 Å². The summed E-state index contributed by atoms with van der Waals surface area (Å²) in [5.74, 6) is -0.0336. The minimum absolute atomic E-state index is 0.0433. The van der Waals surface area contributed by atoms with Crippen LogP contribution in [0.25, 0.3) is 0 Å². The van der Waals surface area contributed by atoms with E-state index in [4.69, 9.17) is 4.74 Å². The van der Waals surface area contributed by atoms with E-state index in [-0.39, 0.29) is 30.7 Å². The van der Waals surface area contributed by atoms with Gasteiger partial charge in [0, 0.05) is 35.9 Å². The van der Waals surface area contributed by atoms with Crippen LogP contribution in [0.3, 0.4) is 0 Å². The van der Waals surface area contributed by atoms with Crippen molar-refractivity contribution in [2.75, 3.05) is 20.2 Å². The SMILES string of the molecule is COc1ccccc1CC(=O)N1CC2C3(c4ccc(C(C)C)cc4)CCC(c4ccccc43)C2(C(=O)O)C1. The summed E-state index contributed by atoms with van der Waals surface area (Å²) in [4.78, 5) is 28.9. The van der Waals surface area contributed by atoms with Crippen LogP contribution in [0, 0.1) is 11.3 Å². The zero-order chi connectivity index (χ0) is 26.7. The Morgan fingerprint density at radius 3 is 2.45 bits per heavy atom. The van der Waals surface area contributed by atoms with Gasteiger partial charge in [-0.3, -0.25) is 9.59 Å². The number of likely N-dealkylation sites (tertiary alicyclic amines) is 1. The van der Waals surface area contributed by atoms with Crippen LogP contribution in [0.1, 0.15) is 66.3 Å². The molecule has 38 heavy (non-hydrogen) atoms. The maximum atomic E-state index is 13.7. The number of carboxylic acid groups (broad SMARTS) is 1. The highest BCUT2D eigenvalue weighted by atomic mass is 16.5. The van der Waals surface area contributed by atoms with Crippen molar-refractivity contribution < 1.29 is 19.4 Å². The molecule has 3 aromatic carbocycles. The van der Waals surface area contributed by atoms with Crippen molar-refractivity contribution in [1.82, 2.24) is 4.90 Å². The first-order chi connectivity index (χ1) is 18.3. The second-order valence-electron chi connectivity index (χ2n) is 11.6. The van der Waals surface area contributed by atoms with Crippen molar-refractivity contribution in [3.05, 3.63) is 101 Å². The molecule has 7 rings (SSSR count). The van der Waals surface area contributed by atoms with Crippen molar-refractivity contribution in [2.24, 2.45) is 11.3 Å². The summed E-state index contributed by atoms with van der Waals surface area (Å²) in [5, 5.41) is 10.9. The van der Waals surface area contributed by atoms with E-state index in [1.807, 2.05) is 35.2 Å². The monoisotopic (exact) mass is 509 g/mol. The number of carbonyl (C=O) groups is 2. The lowest BCUT2D eigenvalue weighted by atomic mass is 9.42. The molecular weight excluding hydrogens is 474 g/mol. The maximum absolute atomic E-state index is 13.7. The van der Waals surface area contributed by atoms with Gasteiger partial charge in [-0.1, -0.05) is 80.6 Å². The van der Waals surface area contributed by atoms with Crippen LogP contribution < -0.4 is 4.74 Å². The van der Waals surface area contributed by atoms with Crippen molar-refractivity contribution in [1.29, 1.82) is 0 Å². The Hall–Kier alpha value is -3.60. The average molecular weight is 510 g/mol. The van der Waals surface area contributed by atoms with Crippen LogP contribution >= 0.6 is 0 Å². The van der Waals surface area contributed by atoms with E-state index in [9.17, 15) is 14.7 Å². The Bertz CT molecular complexity index is 1400. The van der Waals surface area contributed by atoms with E-state index in [1.54, 1.807) is 7.11 Å². The van der Waals surface area contributed by atoms with Crippen LogP contribution in [0.15, 0.2) is 72.8 Å². The van der Waals surface area contributed by atoms with Gasteiger partial charge in [0.25, 0.3) is 0 Å². The predicted octanol–water partition coefficient (Wildman–Crippen LogP) is 5.77. The third-order valence-corrected chi connectivity index (χ3v) is 9.72. The number of hydrogen-bond donors (Lipinski definition) is 1. The van der Waals surface area contributed by atoms with Gasteiger partial charge in [0.15, 0.2) is 0 Å². The highest BCUT2D eigenvalue weighted by Crippen LogP contribution is 2.69. The molecule has 1 saturated heterocycles. The number of aliphatic carboxylic acids is 1. The van der Waals surface area contributed by atoms with Crippen LogP contribution in [0.4, 0.5) is 0 Å². The molecule has 4 unspecified atom stereocenters. The first-order valence-corrected chi connectivity index (χ1v) is 13.7. The molecule has 1 aliphatic heterocycles. The van der Waals surface area contributed by atoms with Crippen LogP contribution in [-0.4, -0.2) is 42.1 Å². The molecule has 4 aliphatic rings. The molecule has 5 heteroatoms. The largest absolute Gasteiger partial charge is 0.496 e. The summed E-state index contributed by atoms with van der Waals surface area (Å²) < 4.78 is 5.48. The maximum Gasteiger partial charge on any atom is 0.312 e. The number of carbonyl (C=O) groups excluding carboxylic acids is 1. The molecule has 0 aromatic heterocycles. The van der Waals surface area contributed by atoms with Gasteiger partial charge in [0.2, 0.25) is 5.91 Å². The number of rotatable bonds is 6. The topological polar surface area (TPSA) is 66.8 Å². The number of hydrogen-bond acceptors (Lipinski definition) is 3. The Balaban J connectivity index is 1.46. The smallest absolute Gasteiger partial charge is 0.312 e. The van der Waals surface area contributed by atoms with Gasteiger partial charge < -0.3 is 14.7 Å². The minimum Gasteiger partial charge on any atom is -0.496 e. The van der Waals surface area contributed by atoms with E-state index in [0.717, 1.165) is 24.0 Å². The first kappa shape index (κ1) is 24.7. The lowest BCUT2D eigenvalue weighted by Crippen LogP contribution is -2.60. The molecule has 2 fully saturated rings. The van der Waals surface area contributed by atoms with Crippen molar-refractivity contribution in [3.63, 3.8) is 0 Å². The summed E-state index contributed by atoms with van der Waals surface area (Å²) >= 11 is 0. The summed E-state index contributed by atoms with van der Waals surface area (Å²) in [6, 6.07) is 24.8. The summed E-state index contributed by atoms with van der Waals surface area (Å²) in [7, 11) is 1.61. The molecular formula is C33H35NO4. The van der Waals surface area contributed by atoms with E-state index < -0.39 is 16.8 Å². The van der Waals surface area contributed by atoms with Gasteiger partial charge in [-0.25, -0.2) is 0 Å². The predicted molar refractivity (Wildman–Crippen MR) is 147 cm³/mol. The number of carboxylic acids is 1. The number of nitrogens with zero attached hydrogens (tertiary/aromatic N) is 1. The first-order valence-electron chi connectivity index (χ1n) is 13.7. The lowest BCUT2D eigenvalue weighted by Gasteiger charge is -2.59. The van der Waals surface area contributed by atoms with Crippen LogP contribution in [0.2, 0.25) is 0 Å². The molecule has 1 heterocycles. The number of fused-ring (bicyclic) bond motifs is 1. The molecule has 5 nitrogen and oxygen atoms in total. The molecule has 0 radical (unpaired) electrons. The van der Waals surface area contributed by atoms with E-state index >= 15 is 0 Å². The van der Waals surface area contributed by atoms with E-state index in [1.165, 1.54) is 16.7 Å². The molecule has 1 amide bonds. The van der Waals surface area contributed by atoms with Gasteiger partial charge >= 0.3 is 5.97 Å². The number of ether oxygens (including phenoxy) is 1. The Morgan fingerprint density at radius 1 is 1.03 bits per heavy atom. The highest BCUT2D eigenvalue weighted by molar-refractivity contribution is 5.85. The lowest BCUT2D eigenvalue weighted by molar-refractivity contribution is -0.157. The minimum atomic E-state index is -1.01. The second kappa shape index (κ2) is 9.00. The second-order valence-corrected chi connectivity index (χ2v) is 11.6. The van der Waals surface area contributed by atoms with Gasteiger partial charge in [-0.15, -0.1) is 0 Å². The van der Waals surface area contributed by atoms with E-state index in [0.29, 0.717) is 18.2 Å². The number of amides is 1. The molecule has 1 N–H and O–H groups in total. The zero-order valence-electron chi connectivity index (χ0n) is 22.3. The fourth-order valence-electron chi connectivity index (χ4n) is 7.93. The summed E-state index contributed by atoms with van der Waals surface area (Å²) in [6.45, 7) is 5.06. The molecule has 1 saturated carbocycles. The van der Waals surface area contributed by atoms with Gasteiger partial charge in [-0.05, 0) is 47.1 Å². The van der Waals surface area contributed by atoms with Crippen LogP contribution in [-0.2, 0) is 21.4 Å². The Kier molecular flexibility index (Phi) is 5.86. The van der Waals surface area contributed by atoms with Crippen molar-refractivity contribution in [2.45, 2.75) is 50.4 Å². The molecule has 2 bridgehead atoms.